The topological polar surface area (TPSA) is 58.6 Å². The van der Waals surface area contributed by atoms with Gasteiger partial charge in [0.15, 0.2) is 6.10 Å². The van der Waals surface area contributed by atoms with Crippen LogP contribution in [0.4, 0.5) is 5.69 Å². The van der Waals surface area contributed by atoms with E-state index in [1.54, 1.807) is 19.1 Å². The number of rotatable bonds is 5. The maximum Gasteiger partial charge on any atom is 0.265 e. The Labute approximate surface area is 166 Å². The maximum atomic E-state index is 12.9. The van der Waals surface area contributed by atoms with Crippen LogP contribution in [0.1, 0.15) is 47.7 Å². The molecule has 1 aliphatic heterocycles. The first-order chi connectivity index (χ1) is 13.5. The molecule has 0 aromatic heterocycles. The number of para-hydroxylation sites is 1. The number of carbonyl (C=O) groups is 2. The standard InChI is InChI=1S/C23H28N2O3/c1-16-11-12-17(2)21(15-16)28-18(3)22(26)24-20-10-6-5-9-19(20)23(27)25-13-7-4-8-14-25/h5-6,9-12,15,18H,4,7-8,13-14H2,1-3H3,(H,24,26). The molecule has 2 aromatic carbocycles. The van der Waals surface area contributed by atoms with Gasteiger partial charge in [0.25, 0.3) is 11.8 Å². The number of likely N-dealkylation sites (tertiary alicyclic amines) is 1. The molecule has 0 aliphatic carbocycles. The number of aryl methyl sites for hydroxylation is 2. The van der Waals surface area contributed by atoms with Gasteiger partial charge in [0, 0.05) is 13.1 Å². The van der Waals surface area contributed by atoms with Crippen LogP contribution in [0.2, 0.25) is 0 Å². The molecule has 5 heteroatoms. The number of benzene rings is 2. The van der Waals surface area contributed by atoms with E-state index < -0.39 is 6.10 Å². The first-order valence-corrected chi connectivity index (χ1v) is 9.89. The summed E-state index contributed by atoms with van der Waals surface area (Å²) < 4.78 is 5.87. The van der Waals surface area contributed by atoms with Crippen LogP contribution in [-0.4, -0.2) is 35.9 Å². The van der Waals surface area contributed by atoms with Crippen molar-refractivity contribution in [2.75, 3.05) is 18.4 Å². The van der Waals surface area contributed by atoms with E-state index in [1.807, 2.05) is 49.1 Å². The number of piperidine rings is 1. The zero-order valence-electron chi connectivity index (χ0n) is 16.8. The fourth-order valence-corrected chi connectivity index (χ4v) is 3.36. The molecule has 3 rings (SSSR count). The second-order valence-corrected chi connectivity index (χ2v) is 7.42. The number of ether oxygens (including phenoxy) is 1. The van der Waals surface area contributed by atoms with E-state index in [0.29, 0.717) is 17.0 Å². The largest absolute Gasteiger partial charge is 0.481 e. The van der Waals surface area contributed by atoms with E-state index in [4.69, 9.17) is 4.74 Å². The molecular weight excluding hydrogens is 352 g/mol. The fourth-order valence-electron chi connectivity index (χ4n) is 3.36. The Balaban J connectivity index is 1.71. The van der Waals surface area contributed by atoms with Crippen molar-refractivity contribution in [3.63, 3.8) is 0 Å². The van der Waals surface area contributed by atoms with E-state index in [-0.39, 0.29) is 11.8 Å². The monoisotopic (exact) mass is 380 g/mol. The molecule has 1 saturated heterocycles. The third-order valence-electron chi connectivity index (χ3n) is 5.08. The van der Waals surface area contributed by atoms with Gasteiger partial charge in [-0.3, -0.25) is 9.59 Å². The third kappa shape index (κ3) is 4.71. The molecule has 148 valence electrons. The molecule has 1 unspecified atom stereocenters. The predicted octanol–water partition coefficient (Wildman–Crippen LogP) is 4.34. The lowest BCUT2D eigenvalue weighted by molar-refractivity contribution is -0.122. The molecule has 1 atom stereocenters. The molecule has 1 aliphatic rings. The number of nitrogens with zero attached hydrogens (tertiary/aromatic N) is 1. The lowest BCUT2D eigenvalue weighted by Crippen LogP contribution is -2.36. The van der Waals surface area contributed by atoms with Crippen molar-refractivity contribution >= 4 is 17.5 Å². The molecule has 1 fully saturated rings. The maximum absolute atomic E-state index is 12.9. The molecule has 1 heterocycles. The van der Waals surface area contributed by atoms with Gasteiger partial charge in [-0.25, -0.2) is 0 Å². The number of amides is 2. The molecule has 0 radical (unpaired) electrons. The number of hydrogen-bond acceptors (Lipinski definition) is 3. The van der Waals surface area contributed by atoms with Gasteiger partial charge in [0.05, 0.1) is 11.3 Å². The van der Waals surface area contributed by atoms with Crippen LogP contribution in [-0.2, 0) is 4.79 Å². The quantitative estimate of drug-likeness (QED) is 0.840. The summed E-state index contributed by atoms with van der Waals surface area (Å²) in [5.41, 5.74) is 3.10. The van der Waals surface area contributed by atoms with Gasteiger partial charge in [-0.15, -0.1) is 0 Å². The minimum Gasteiger partial charge on any atom is -0.481 e. The summed E-state index contributed by atoms with van der Waals surface area (Å²) in [5, 5.41) is 2.87. The summed E-state index contributed by atoms with van der Waals surface area (Å²) in [6.45, 7) is 7.19. The summed E-state index contributed by atoms with van der Waals surface area (Å²) in [6.07, 6.45) is 2.54. The van der Waals surface area contributed by atoms with E-state index in [9.17, 15) is 9.59 Å². The first-order valence-electron chi connectivity index (χ1n) is 9.89. The molecular formula is C23H28N2O3. The second kappa shape index (κ2) is 8.91. The van der Waals surface area contributed by atoms with Crippen molar-refractivity contribution in [2.45, 2.75) is 46.1 Å². The summed E-state index contributed by atoms with van der Waals surface area (Å²) in [6, 6.07) is 13.1. The Bertz CT molecular complexity index is 857. The van der Waals surface area contributed by atoms with Gasteiger partial charge in [-0.2, -0.15) is 0 Å². The van der Waals surface area contributed by atoms with Crippen molar-refractivity contribution in [1.82, 2.24) is 4.90 Å². The van der Waals surface area contributed by atoms with Gasteiger partial charge >= 0.3 is 0 Å². The Morgan fingerprint density at radius 1 is 1.04 bits per heavy atom. The highest BCUT2D eigenvalue weighted by Gasteiger charge is 2.23. The zero-order chi connectivity index (χ0) is 20.1. The van der Waals surface area contributed by atoms with E-state index in [2.05, 4.69) is 5.32 Å². The van der Waals surface area contributed by atoms with Gasteiger partial charge in [-0.1, -0.05) is 24.3 Å². The summed E-state index contributed by atoms with van der Waals surface area (Å²) in [7, 11) is 0. The second-order valence-electron chi connectivity index (χ2n) is 7.42. The first kappa shape index (κ1) is 19.9. The Morgan fingerprint density at radius 3 is 2.50 bits per heavy atom. The highest BCUT2D eigenvalue weighted by molar-refractivity contribution is 6.04. The van der Waals surface area contributed by atoms with Crippen molar-refractivity contribution in [1.29, 1.82) is 0 Å². The number of hydrogen-bond donors (Lipinski definition) is 1. The molecule has 2 amide bonds. The van der Waals surface area contributed by atoms with Crippen LogP contribution in [0, 0.1) is 13.8 Å². The zero-order valence-corrected chi connectivity index (χ0v) is 16.8. The highest BCUT2D eigenvalue weighted by Crippen LogP contribution is 2.23. The fraction of sp³-hybridized carbons (Fsp3) is 0.391. The summed E-state index contributed by atoms with van der Waals surface area (Å²) in [5.74, 6) is 0.388. The number of nitrogens with one attached hydrogen (secondary N) is 1. The minimum absolute atomic E-state index is 0.0290. The average molecular weight is 380 g/mol. The molecule has 0 saturated carbocycles. The van der Waals surface area contributed by atoms with Crippen LogP contribution in [0.15, 0.2) is 42.5 Å². The molecule has 1 N–H and O–H groups in total. The van der Waals surface area contributed by atoms with Crippen LogP contribution in [0.25, 0.3) is 0 Å². The average Bonchev–Trinajstić information content (AvgIpc) is 2.71. The van der Waals surface area contributed by atoms with Crippen LogP contribution >= 0.6 is 0 Å². The Hall–Kier alpha value is -2.82. The van der Waals surface area contributed by atoms with Gasteiger partial charge < -0.3 is 15.0 Å². The smallest absolute Gasteiger partial charge is 0.265 e. The number of anilines is 1. The van der Waals surface area contributed by atoms with E-state index >= 15 is 0 Å². The lowest BCUT2D eigenvalue weighted by atomic mass is 10.1. The van der Waals surface area contributed by atoms with Gasteiger partial charge in [0.2, 0.25) is 0 Å². The molecule has 2 aromatic rings. The number of carbonyl (C=O) groups excluding carboxylic acids is 2. The van der Waals surface area contributed by atoms with Crippen molar-refractivity contribution in [2.24, 2.45) is 0 Å². The van der Waals surface area contributed by atoms with Crippen molar-refractivity contribution in [3.05, 3.63) is 59.2 Å². The Morgan fingerprint density at radius 2 is 1.75 bits per heavy atom. The molecule has 0 bridgehead atoms. The predicted molar refractivity (Wildman–Crippen MR) is 111 cm³/mol. The molecule has 5 nitrogen and oxygen atoms in total. The molecule has 0 spiro atoms. The van der Waals surface area contributed by atoms with Crippen LogP contribution < -0.4 is 10.1 Å². The summed E-state index contributed by atoms with van der Waals surface area (Å²) in [4.78, 5) is 27.5. The minimum atomic E-state index is -0.682. The van der Waals surface area contributed by atoms with Crippen molar-refractivity contribution in [3.8, 4) is 5.75 Å². The van der Waals surface area contributed by atoms with E-state index in [0.717, 1.165) is 43.5 Å². The Kier molecular flexibility index (Phi) is 6.34. The molecule has 28 heavy (non-hydrogen) atoms. The van der Waals surface area contributed by atoms with E-state index in [1.165, 1.54) is 0 Å². The normalized spacial score (nSPS) is 15.0. The third-order valence-corrected chi connectivity index (χ3v) is 5.08. The van der Waals surface area contributed by atoms with Crippen LogP contribution in [0.5, 0.6) is 5.75 Å². The van der Waals surface area contributed by atoms with Gasteiger partial charge in [0.1, 0.15) is 5.75 Å². The highest BCUT2D eigenvalue weighted by atomic mass is 16.5. The van der Waals surface area contributed by atoms with Crippen LogP contribution in [0.3, 0.4) is 0 Å². The van der Waals surface area contributed by atoms with Gasteiger partial charge in [-0.05, 0) is 69.4 Å². The van der Waals surface area contributed by atoms with Crippen molar-refractivity contribution < 1.29 is 14.3 Å². The lowest BCUT2D eigenvalue weighted by Gasteiger charge is -2.27. The summed E-state index contributed by atoms with van der Waals surface area (Å²) >= 11 is 0. The SMILES string of the molecule is Cc1ccc(C)c(OC(C)C(=O)Nc2ccccc2C(=O)N2CCCCC2)c1.